The maximum Gasteiger partial charge on any atom is 0.119 e. The van der Waals surface area contributed by atoms with E-state index in [0.717, 1.165) is 23.6 Å². The van der Waals surface area contributed by atoms with Crippen LogP contribution < -0.4 is 4.74 Å². The highest BCUT2D eigenvalue weighted by atomic mass is 16.5. The molecule has 0 N–H and O–H groups in total. The Morgan fingerprint density at radius 3 is 2.68 bits per heavy atom. The van der Waals surface area contributed by atoms with Crippen LogP contribution in [0.25, 0.3) is 16.5 Å². The highest BCUT2D eigenvalue weighted by Crippen LogP contribution is 2.27. The first-order valence-electron chi connectivity index (χ1n) is 6.24. The second-order valence-corrected chi connectivity index (χ2v) is 4.91. The third-order valence-electron chi connectivity index (χ3n) is 3.25. The number of aromatic nitrogens is 1. The minimum atomic E-state index is 0.824. The van der Waals surface area contributed by atoms with Crippen molar-refractivity contribution in [2.45, 2.75) is 0 Å². The van der Waals surface area contributed by atoms with Crippen LogP contribution in [0.3, 0.4) is 0 Å². The average Bonchev–Trinajstić information content (AvgIpc) is 2.72. The number of methoxy groups -OCH3 is 1. The van der Waals surface area contributed by atoms with Crippen molar-refractivity contribution >= 4 is 16.5 Å². The molecule has 0 radical (unpaired) electrons. The predicted molar refractivity (Wildman–Crippen MR) is 80.6 cm³/mol. The molecule has 0 amide bonds. The molecule has 19 heavy (non-hydrogen) atoms. The summed E-state index contributed by atoms with van der Waals surface area (Å²) in [7, 11) is 7.84. The molecule has 0 aliphatic carbocycles. The fourth-order valence-electron chi connectivity index (χ4n) is 2.29. The number of ether oxygens (including phenoxy) is 1. The summed E-state index contributed by atoms with van der Waals surface area (Å²) < 4.78 is 7.44. The van der Waals surface area contributed by atoms with Crippen LogP contribution in [0.1, 0.15) is 5.69 Å². The van der Waals surface area contributed by atoms with Crippen molar-refractivity contribution in [2.75, 3.05) is 27.7 Å². The molecule has 0 saturated heterocycles. The first-order chi connectivity index (χ1) is 9.06. The number of hydrogen-bond acceptors (Lipinski definition) is 2. The lowest BCUT2D eigenvalue weighted by Gasteiger charge is -2.12. The smallest absolute Gasteiger partial charge is 0.119 e. The Balaban J connectivity index is 2.55. The van der Waals surface area contributed by atoms with Crippen LogP contribution in [-0.2, 0) is 7.05 Å². The first kappa shape index (κ1) is 13.5. The Morgan fingerprint density at radius 2 is 2.11 bits per heavy atom. The lowest BCUT2D eigenvalue weighted by molar-refractivity contribution is 0.415. The topological polar surface area (TPSA) is 17.4 Å². The molecule has 0 bridgehead atoms. The van der Waals surface area contributed by atoms with Crippen LogP contribution in [0.5, 0.6) is 5.75 Å². The van der Waals surface area contributed by atoms with Crippen LogP contribution in [0.4, 0.5) is 0 Å². The van der Waals surface area contributed by atoms with Gasteiger partial charge in [-0.3, -0.25) is 0 Å². The predicted octanol–water partition coefficient (Wildman–Crippen LogP) is 2.92. The number of nitrogens with zero attached hydrogens (tertiary/aromatic N) is 2. The lowest BCUT2D eigenvalue weighted by Crippen LogP contribution is -2.15. The summed E-state index contributed by atoms with van der Waals surface area (Å²) in [6.07, 6.45) is 0. The summed E-state index contributed by atoms with van der Waals surface area (Å²) in [5.74, 6) is 0.876. The maximum absolute atomic E-state index is 5.27. The van der Waals surface area contributed by atoms with Gasteiger partial charge in [-0.1, -0.05) is 6.58 Å². The highest BCUT2D eigenvalue weighted by molar-refractivity contribution is 5.87. The summed E-state index contributed by atoms with van der Waals surface area (Å²) >= 11 is 0. The van der Waals surface area contributed by atoms with Gasteiger partial charge in [0.05, 0.1) is 12.8 Å². The molecule has 0 atom stereocenters. The van der Waals surface area contributed by atoms with E-state index in [1.54, 1.807) is 7.11 Å². The molecule has 1 heterocycles. The Labute approximate surface area is 114 Å². The van der Waals surface area contributed by atoms with Crippen molar-refractivity contribution < 1.29 is 4.74 Å². The van der Waals surface area contributed by atoms with Crippen molar-refractivity contribution in [1.82, 2.24) is 9.47 Å². The van der Waals surface area contributed by atoms with Crippen molar-refractivity contribution in [3.63, 3.8) is 0 Å². The number of aryl methyl sites for hydroxylation is 1. The molecule has 1 aromatic carbocycles. The van der Waals surface area contributed by atoms with Gasteiger partial charge in [0.1, 0.15) is 5.75 Å². The summed E-state index contributed by atoms with van der Waals surface area (Å²) in [4.78, 5) is 2.12. The second kappa shape index (κ2) is 5.35. The molecule has 0 saturated carbocycles. The molecule has 3 nitrogen and oxygen atoms in total. The second-order valence-electron chi connectivity index (χ2n) is 4.91. The molecule has 0 aliphatic rings. The van der Waals surface area contributed by atoms with E-state index in [-0.39, 0.29) is 0 Å². The number of hydrogen-bond donors (Lipinski definition) is 0. The number of rotatable bonds is 4. The van der Waals surface area contributed by atoms with Gasteiger partial charge in [-0.05, 0) is 38.4 Å². The zero-order valence-electron chi connectivity index (χ0n) is 12.0. The lowest BCUT2D eigenvalue weighted by atomic mass is 10.2. The van der Waals surface area contributed by atoms with E-state index < -0.39 is 0 Å². The van der Waals surface area contributed by atoms with Gasteiger partial charge in [-0.25, -0.2) is 0 Å². The molecular weight excluding hydrogens is 236 g/mol. The van der Waals surface area contributed by atoms with Gasteiger partial charge in [0.25, 0.3) is 0 Å². The van der Waals surface area contributed by atoms with Crippen LogP contribution in [-0.4, -0.2) is 37.2 Å². The molecular formula is C16H20N2O. The quantitative estimate of drug-likeness (QED) is 0.783. The number of likely N-dealkylation sites (N-methyl/N-ethyl adjacent to an activating group) is 1. The molecule has 0 fully saturated rings. The molecule has 0 aliphatic heterocycles. The molecule has 0 unspecified atom stereocenters. The van der Waals surface area contributed by atoms with E-state index in [9.17, 15) is 0 Å². The summed E-state index contributed by atoms with van der Waals surface area (Å²) in [6.45, 7) is 4.63. The van der Waals surface area contributed by atoms with Crippen LogP contribution >= 0.6 is 0 Å². The number of benzene rings is 1. The molecule has 1 aromatic heterocycles. The normalized spacial score (nSPS) is 10.8. The summed E-state index contributed by atoms with van der Waals surface area (Å²) in [5, 5.41) is 1.17. The fraction of sp³-hybridized carbons (Fsp3) is 0.312. The Kier molecular flexibility index (Phi) is 3.79. The van der Waals surface area contributed by atoms with Gasteiger partial charge in [0.15, 0.2) is 0 Å². The molecule has 100 valence electrons. The summed E-state index contributed by atoms with van der Waals surface area (Å²) in [6, 6.07) is 8.27. The average molecular weight is 256 g/mol. The third-order valence-corrected chi connectivity index (χ3v) is 3.25. The van der Waals surface area contributed by atoms with E-state index in [1.165, 1.54) is 10.9 Å². The van der Waals surface area contributed by atoms with Crippen LogP contribution in [0, 0.1) is 0 Å². The maximum atomic E-state index is 5.27. The third kappa shape index (κ3) is 2.58. The highest BCUT2D eigenvalue weighted by Gasteiger charge is 2.11. The van der Waals surface area contributed by atoms with Crippen molar-refractivity contribution in [1.29, 1.82) is 0 Å². The minimum Gasteiger partial charge on any atom is -0.497 e. The van der Waals surface area contributed by atoms with Gasteiger partial charge in [0, 0.05) is 30.1 Å². The fourth-order valence-corrected chi connectivity index (χ4v) is 2.29. The summed E-state index contributed by atoms with van der Waals surface area (Å²) in [5.41, 5.74) is 6.48. The molecule has 2 rings (SSSR count). The SMILES string of the molecule is C=C=C(CN(C)C)c1cc2cc(OC)ccc2n1C. The zero-order valence-corrected chi connectivity index (χ0v) is 12.0. The molecule has 2 aromatic rings. The van der Waals surface area contributed by atoms with Gasteiger partial charge in [0.2, 0.25) is 0 Å². The van der Waals surface area contributed by atoms with Crippen molar-refractivity contribution in [3.05, 3.63) is 42.3 Å². The largest absolute Gasteiger partial charge is 0.497 e. The van der Waals surface area contributed by atoms with Crippen molar-refractivity contribution in [3.8, 4) is 5.75 Å². The monoisotopic (exact) mass is 256 g/mol. The van der Waals surface area contributed by atoms with Gasteiger partial charge >= 0.3 is 0 Å². The Hall–Kier alpha value is -1.96. The van der Waals surface area contributed by atoms with E-state index in [1.807, 2.05) is 20.2 Å². The van der Waals surface area contributed by atoms with E-state index in [0.29, 0.717) is 0 Å². The Bertz CT molecular complexity index is 646. The number of fused-ring (bicyclic) bond motifs is 1. The van der Waals surface area contributed by atoms with E-state index in [4.69, 9.17) is 4.74 Å². The minimum absolute atomic E-state index is 0.824. The van der Waals surface area contributed by atoms with E-state index >= 15 is 0 Å². The molecule has 0 spiro atoms. The van der Waals surface area contributed by atoms with Crippen LogP contribution in [0.2, 0.25) is 0 Å². The van der Waals surface area contributed by atoms with Gasteiger partial charge in [-0.15, -0.1) is 5.73 Å². The van der Waals surface area contributed by atoms with Crippen LogP contribution in [0.15, 0.2) is 36.6 Å². The zero-order chi connectivity index (χ0) is 14.0. The van der Waals surface area contributed by atoms with E-state index in [2.05, 4.69) is 47.0 Å². The van der Waals surface area contributed by atoms with Crippen molar-refractivity contribution in [2.24, 2.45) is 7.05 Å². The van der Waals surface area contributed by atoms with Gasteiger partial charge < -0.3 is 14.2 Å². The Morgan fingerprint density at radius 1 is 1.37 bits per heavy atom. The standard InChI is InChI=1S/C16H20N2O/c1-6-12(11-17(2)3)16-10-13-9-14(19-5)7-8-15(13)18(16)4/h7-10H,1,11H2,2-5H3. The molecule has 3 heteroatoms. The van der Waals surface area contributed by atoms with Gasteiger partial charge in [-0.2, -0.15) is 0 Å². The first-order valence-corrected chi connectivity index (χ1v) is 6.24.